The van der Waals surface area contributed by atoms with Crippen LogP contribution < -0.4 is 5.73 Å². The average molecular weight is 223 g/mol. The van der Waals surface area contributed by atoms with Crippen molar-refractivity contribution in [1.29, 1.82) is 0 Å². The Morgan fingerprint density at radius 1 is 1.38 bits per heavy atom. The highest BCUT2D eigenvalue weighted by Gasteiger charge is 2.42. The minimum Gasteiger partial charge on any atom is -0.360 e. The van der Waals surface area contributed by atoms with E-state index in [4.69, 9.17) is 5.73 Å². The second-order valence-electron chi connectivity index (χ2n) is 5.71. The monoisotopic (exact) mass is 223 g/mol. The Morgan fingerprint density at radius 2 is 2.12 bits per heavy atom. The molecule has 3 heteroatoms. The van der Waals surface area contributed by atoms with Gasteiger partial charge in [-0.05, 0) is 32.1 Å². The molecule has 16 heavy (non-hydrogen) atoms. The maximum Gasteiger partial charge on any atom is 0.0985 e. The maximum absolute atomic E-state index is 6.51. The van der Waals surface area contributed by atoms with Crippen molar-refractivity contribution in [2.75, 3.05) is 14.1 Å². The molecule has 0 aromatic heterocycles. The molecule has 1 saturated carbocycles. The van der Waals surface area contributed by atoms with Crippen molar-refractivity contribution >= 4 is 5.84 Å². The Balaban J connectivity index is 2.23. The number of fused-ring (bicyclic) bond motifs is 1. The molecule has 2 rings (SSSR count). The summed E-state index contributed by atoms with van der Waals surface area (Å²) in [5.41, 5.74) is 6.54. The minimum absolute atomic E-state index is 0.0225. The van der Waals surface area contributed by atoms with Crippen LogP contribution in [-0.2, 0) is 0 Å². The molecule has 2 N–H and O–H groups in total. The van der Waals surface area contributed by atoms with Crippen LogP contribution >= 0.6 is 0 Å². The van der Waals surface area contributed by atoms with E-state index >= 15 is 0 Å². The first-order valence-corrected chi connectivity index (χ1v) is 6.53. The van der Waals surface area contributed by atoms with E-state index in [-0.39, 0.29) is 5.54 Å². The van der Waals surface area contributed by atoms with Gasteiger partial charge in [0, 0.05) is 32.1 Å². The Kier molecular flexibility index (Phi) is 3.24. The minimum atomic E-state index is 0.0225. The second-order valence-corrected chi connectivity index (χ2v) is 5.71. The molecule has 2 aliphatic rings. The second kappa shape index (κ2) is 4.36. The lowest BCUT2D eigenvalue weighted by atomic mass is 9.74. The van der Waals surface area contributed by atoms with Gasteiger partial charge in [-0.1, -0.05) is 12.8 Å². The van der Waals surface area contributed by atoms with Gasteiger partial charge in [0.25, 0.3) is 0 Å². The van der Waals surface area contributed by atoms with Gasteiger partial charge in [-0.2, -0.15) is 0 Å². The topological polar surface area (TPSA) is 41.6 Å². The fourth-order valence-corrected chi connectivity index (χ4v) is 3.59. The molecular weight excluding hydrogens is 198 g/mol. The van der Waals surface area contributed by atoms with Crippen molar-refractivity contribution in [3.8, 4) is 0 Å². The van der Waals surface area contributed by atoms with Crippen molar-refractivity contribution in [1.82, 2.24) is 4.90 Å². The van der Waals surface area contributed by atoms with E-state index in [2.05, 4.69) is 23.9 Å². The lowest BCUT2D eigenvalue weighted by molar-refractivity contribution is 0.141. The lowest BCUT2D eigenvalue weighted by Gasteiger charge is -2.46. The summed E-state index contributed by atoms with van der Waals surface area (Å²) < 4.78 is 0. The highest BCUT2D eigenvalue weighted by atomic mass is 15.2. The van der Waals surface area contributed by atoms with Crippen LogP contribution in [0.15, 0.2) is 4.99 Å². The van der Waals surface area contributed by atoms with E-state index in [0.29, 0.717) is 12.0 Å². The molecule has 3 nitrogen and oxygen atoms in total. The molecule has 0 spiro atoms. The van der Waals surface area contributed by atoms with E-state index in [1.165, 1.54) is 37.9 Å². The zero-order valence-corrected chi connectivity index (χ0v) is 10.9. The van der Waals surface area contributed by atoms with Gasteiger partial charge in [0.05, 0.1) is 5.84 Å². The molecule has 0 aromatic carbocycles. The number of hydrogen-bond acceptors (Lipinski definition) is 2. The van der Waals surface area contributed by atoms with Gasteiger partial charge in [-0.25, -0.2) is 0 Å². The molecule has 1 aliphatic carbocycles. The van der Waals surface area contributed by atoms with Crippen LogP contribution in [-0.4, -0.2) is 36.4 Å². The predicted octanol–water partition coefficient (Wildman–Crippen LogP) is 2.02. The molecule has 0 amide bonds. The van der Waals surface area contributed by atoms with E-state index in [1.54, 1.807) is 0 Å². The number of nitrogens with zero attached hydrogens (tertiary/aromatic N) is 2. The first-order chi connectivity index (χ1) is 7.56. The summed E-state index contributed by atoms with van der Waals surface area (Å²) in [7, 11) is 4.10. The van der Waals surface area contributed by atoms with Gasteiger partial charge >= 0.3 is 0 Å². The van der Waals surface area contributed by atoms with Crippen molar-refractivity contribution in [3.63, 3.8) is 0 Å². The first kappa shape index (κ1) is 11.9. The summed E-state index contributed by atoms with van der Waals surface area (Å²) in [5, 5.41) is 0. The molecule has 1 aliphatic heterocycles. The molecule has 3 atom stereocenters. The summed E-state index contributed by atoms with van der Waals surface area (Å²) in [6.07, 6.45) is 7.38. The van der Waals surface area contributed by atoms with Crippen LogP contribution in [0.4, 0.5) is 0 Å². The maximum atomic E-state index is 6.51. The van der Waals surface area contributed by atoms with Crippen molar-refractivity contribution in [2.24, 2.45) is 16.6 Å². The number of nitrogens with two attached hydrogens (primary N) is 1. The molecular formula is C13H25N3. The van der Waals surface area contributed by atoms with Crippen LogP contribution in [0, 0.1) is 5.92 Å². The molecule has 1 heterocycles. The van der Waals surface area contributed by atoms with E-state index in [0.717, 1.165) is 6.42 Å². The zero-order chi connectivity index (χ0) is 11.8. The third-order valence-corrected chi connectivity index (χ3v) is 4.62. The number of aliphatic imine (C=N–C) groups is 1. The highest BCUT2D eigenvalue weighted by Crippen LogP contribution is 2.39. The Hall–Kier alpha value is -0.570. The predicted molar refractivity (Wildman–Crippen MR) is 68.7 cm³/mol. The fraction of sp³-hybridized carbons (Fsp3) is 0.923. The smallest absolute Gasteiger partial charge is 0.0985 e. The normalized spacial score (nSPS) is 43.0. The lowest BCUT2D eigenvalue weighted by Crippen LogP contribution is -2.56. The fourth-order valence-electron chi connectivity index (χ4n) is 3.59. The largest absolute Gasteiger partial charge is 0.360 e. The Morgan fingerprint density at radius 3 is 2.81 bits per heavy atom. The molecule has 0 aromatic rings. The zero-order valence-electron chi connectivity index (χ0n) is 10.9. The molecule has 3 unspecified atom stereocenters. The van der Waals surface area contributed by atoms with Gasteiger partial charge < -0.3 is 10.6 Å². The number of likely N-dealkylation sites (tertiary alicyclic amines) is 1. The Bertz CT molecular complexity index is 283. The van der Waals surface area contributed by atoms with Crippen LogP contribution in [0.3, 0.4) is 0 Å². The van der Waals surface area contributed by atoms with E-state index in [9.17, 15) is 0 Å². The third-order valence-electron chi connectivity index (χ3n) is 4.62. The molecule has 0 radical (unpaired) electrons. The van der Waals surface area contributed by atoms with Gasteiger partial charge in [0.1, 0.15) is 0 Å². The highest BCUT2D eigenvalue weighted by molar-refractivity contribution is 5.83. The summed E-state index contributed by atoms with van der Waals surface area (Å²) >= 11 is 0. The molecule has 0 bridgehead atoms. The third kappa shape index (κ3) is 1.97. The quantitative estimate of drug-likeness (QED) is 0.682. The Labute approximate surface area is 99.1 Å². The summed E-state index contributed by atoms with van der Waals surface area (Å²) in [6.45, 7) is 2.25. The van der Waals surface area contributed by atoms with Gasteiger partial charge in [0.15, 0.2) is 0 Å². The first-order valence-electron chi connectivity index (χ1n) is 6.53. The molecule has 1 saturated heterocycles. The van der Waals surface area contributed by atoms with Crippen LogP contribution in [0.25, 0.3) is 0 Å². The van der Waals surface area contributed by atoms with Gasteiger partial charge in [-0.3, -0.25) is 4.99 Å². The van der Waals surface area contributed by atoms with Crippen molar-refractivity contribution in [2.45, 2.75) is 57.0 Å². The summed E-state index contributed by atoms with van der Waals surface area (Å²) in [5.74, 6) is 1.91. The number of piperidine rings is 1. The number of hydrogen-bond donors (Lipinski definition) is 1. The van der Waals surface area contributed by atoms with Gasteiger partial charge in [0.2, 0.25) is 0 Å². The average Bonchev–Trinajstić information content (AvgIpc) is 2.39. The van der Waals surface area contributed by atoms with E-state index < -0.39 is 0 Å². The van der Waals surface area contributed by atoms with Crippen LogP contribution in [0.2, 0.25) is 0 Å². The van der Waals surface area contributed by atoms with Crippen molar-refractivity contribution in [3.05, 3.63) is 0 Å². The van der Waals surface area contributed by atoms with Crippen LogP contribution in [0.5, 0.6) is 0 Å². The van der Waals surface area contributed by atoms with E-state index in [1.807, 2.05) is 7.05 Å². The SMILES string of the molecule is CN=C1CCC2C(CCCCC2(C)N)N1C. The standard InChI is InChI=1S/C13H25N3/c1-13(14)9-5-4-6-11-10(13)7-8-12(15-2)16(11)3/h10-11H,4-9,14H2,1-3H3. The van der Waals surface area contributed by atoms with Gasteiger partial charge in [-0.15, -0.1) is 0 Å². The number of amidine groups is 1. The number of rotatable bonds is 0. The summed E-state index contributed by atoms with van der Waals surface area (Å²) in [4.78, 5) is 6.79. The summed E-state index contributed by atoms with van der Waals surface area (Å²) in [6, 6.07) is 0.616. The van der Waals surface area contributed by atoms with Crippen molar-refractivity contribution < 1.29 is 0 Å². The van der Waals surface area contributed by atoms with Crippen LogP contribution in [0.1, 0.15) is 45.4 Å². The molecule has 92 valence electrons. The molecule has 2 fully saturated rings.